The van der Waals surface area contributed by atoms with Crippen LogP contribution in [0.25, 0.3) is 6.08 Å². The number of rotatable bonds is 9. The van der Waals surface area contributed by atoms with E-state index in [0.29, 0.717) is 39.0 Å². The van der Waals surface area contributed by atoms with Gasteiger partial charge in [0.1, 0.15) is 11.1 Å². The number of fused-ring (bicyclic) bond motifs is 1. The molecule has 0 aliphatic heterocycles. The second-order valence-corrected chi connectivity index (χ2v) is 13.1. The number of thioether (sulfide) groups is 1. The highest BCUT2D eigenvalue weighted by Crippen LogP contribution is 2.44. The molecule has 40 heavy (non-hydrogen) atoms. The Morgan fingerprint density at radius 1 is 1.30 bits per heavy atom. The van der Waals surface area contributed by atoms with Crippen molar-refractivity contribution >= 4 is 57.6 Å². The number of carbonyl (C=O) groups excluding carboxylic acids is 2. The monoisotopic (exact) mass is 596 g/mol. The first-order valence-electron chi connectivity index (χ1n) is 13.2. The SMILES string of the molecule is CCn1c(CNC(=O)/C=C/c2ccccc2Cl)nnc1SCC(=O)Nc1sc2c(c1C#N)CC[C@@H](C(C)(C)C)C2. The summed E-state index contributed by atoms with van der Waals surface area (Å²) in [7, 11) is 0. The zero-order valence-corrected chi connectivity index (χ0v) is 25.5. The number of aromatic nitrogens is 3. The minimum atomic E-state index is -0.278. The molecule has 8 nitrogen and oxygen atoms in total. The molecule has 2 heterocycles. The molecule has 2 aromatic heterocycles. The van der Waals surface area contributed by atoms with Crippen LogP contribution in [0.2, 0.25) is 5.02 Å². The van der Waals surface area contributed by atoms with Gasteiger partial charge >= 0.3 is 0 Å². The number of hydrogen-bond donors (Lipinski definition) is 2. The molecule has 0 unspecified atom stereocenters. The number of nitrogens with zero attached hydrogens (tertiary/aromatic N) is 4. The van der Waals surface area contributed by atoms with Gasteiger partial charge in [-0.15, -0.1) is 21.5 Å². The molecular formula is C29H33ClN6O2S2. The topological polar surface area (TPSA) is 113 Å². The van der Waals surface area contributed by atoms with Crippen molar-refractivity contribution < 1.29 is 9.59 Å². The van der Waals surface area contributed by atoms with Gasteiger partial charge in [0, 0.05) is 22.5 Å². The number of anilines is 1. The molecule has 0 saturated heterocycles. The van der Waals surface area contributed by atoms with Crippen LogP contribution in [0.15, 0.2) is 35.5 Å². The summed E-state index contributed by atoms with van der Waals surface area (Å²) in [5.41, 5.74) is 2.66. The van der Waals surface area contributed by atoms with Gasteiger partial charge < -0.3 is 15.2 Å². The largest absolute Gasteiger partial charge is 0.345 e. The molecule has 4 rings (SSSR count). The van der Waals surface area contributed by atoms with E-state index in [-0.39, 0.29) is 29.5 Å². The van der Waals surface area contributed by atoms with Gasteiger partial charge in [0.2, 0.25) is 11.8 Å². The van der Waals surface area contributed by atoms with Gasteiger partial charge in [0.05, 0.1) is 17.9 Å². The van der Waals surface area contributed by atoms with Crippen LogP contribution in [-0.2, 0) is 35.5 Å². The molecule has 1 aliphatic rings. The summed E-state index contributed by atoms with van der Waals surface area (Å²) in [6.45, 7) is 9.51. The van der Waals surface area contributed by atoms with Gasteiger partial charge in [-0.3, -0.25) is 9.59 Å². The minimum Gasteiger partial charge on any atom is -0.345 e. The third-order valence-corrected chi connectivity index (χ3v) is 9.52. The average molecular weight is 597 g/mol. The summed E-state index contributed by atoms with van der Waals surface area (Å²) in [6.07, 6.45) is 5.95. The third-order valence-electron chi connectivity index (χ3n) is 7.04. The smallest absolute Gasteiger partial charge is 0.244 e. The molecule has 1 aromatic carbocycles. The molecule has 1 atom stereocenters. The van der Waals surface area contributed by atoms with Crippen molar-refractivity contribution in [2.75, 3.05) is 11.1 Å². The normalized spacial score (nSPS) is 15.1. The maximum atomic E-state index is 12.9. The van der Waals surface area contributed by atoms with Crippen molar-refractivity contribution in [2.45, 2.75) is 65.2 Å². The Kier molecular flexibility index (Phi) is 9.72. The Morgan fingerprint density at radius 3 is 2.77 bits per heavy atom. The first-order chi connectivity index (χ1) is 19.1. The van der Waals surface area contributed by atoms with E-state index < -0.39 is 0 Å². The van der Waals surface area contributed by atoms with E-state index in [0.717, 1.165) is 30.4 Å². The van der Waals surface area contributed by atoms with Crippen LogP contribution in [-0.4, -0.2) is 32.3 Å². The summed E-state index contributed by atoms with van der Waals surface area (Å²) >= 11 is 8.93. The third kappa shape index (κ3) is 7.14. The van der Waals surface area contributed by atoms with E-state index in [1.54, 1.807) is 12.1 Å². The van der Waals surface area contributed by atoms with E-state index in [1.165, 1.54) is 34.1 Å². The fourth-order valence-corrected chi connectivity index (χ4v) is 7.01. The molecule has 2 amide bonds. The number of halogens is 1. The number of hydrogen-bond acceptors (Lipinski definition) is 7. The van der Waals surface area contributed by atoms with E-state index >= 15 is 0 Å². The maximum Gasteiger partial charge on any atom is 0.244 e. The lowest BCUT2D eigenvalue weighted by Gasteiger charge is -2.33. The molecule has 1 aliphatic carbocycles. The number of nitriles is 1. The molecule has 3 aromatic rings. The Morgan fingerprint density at radius 2 is 2.08 bits per heavy atom. The second-order valence-electron chi connectivity index (χ2n) is 10.7. The van der Waals surface area contributed by atoms with Crippen LogP contribution in [0.1, 0.15) is 61.5 Å². The molecule has 11 heteroatoms. The Bertz CT molecular complexity index is 1460. The van der Waals surface area contributed by atoms with Crippen LogP contribution in [0.4, 0.5) is 5.00 Å². The molecule has 0 fully saturated rings. The van der Waals surface area contributed by atoms with Crippen molar-refractivity contribution in [3.8, 4) is 6.07 Å². The van der Waals surface area contributed by atoms with E-state index in [1.807, 2.05) is 29.7 Å². The number of amides is 2. The Hall–Kier alpha value is -3.13. The van der Waals surface area contributed by atoms with Crippen LogP contribution < -0.4 is 10.6 Å². The van der Waals surface area contributed by atoms with Gasteiger partial charge in [-0.25, -0.2) is 0 Å². The first kappa shape index (κ1) is 29.8. The highest BCUT2D eigenvalue weighted by Gasteiger charge is 2.32. The fraction of sp³-hybridized carbons (Fsp3) is 0.414. The standard InChI is InChI=1S/C29H33ClN6O2S2/c1-5-36-24(16-32-25(37)13-10-18-8-6-7-9-22(18)30)34-35-28(36)39-17-26(38)33-27-21(15-31)20-12-11-19(29(2,3)4)14-23(20)40-27/h6-10,13,19H,5,11-12,14,16-17H2,1-4H3,(H,32,37)(H,33,38)/b13-10+/t19-/m1/s1. The van der Waals surface area contributed by atoms with Gasteiger partial charge in [0.25, 0.3) is 0 Å². The Balaban J connectivity index is 1.33. The van der Waals surface area contributed by atoms with Gasteiger partial charge in [-0.2, -0.15) is 5.26 Å². The zero-order valence-electron chi connectivity index (χ0n) is 23.1. The highest BCUT2D eigenvalue weighted by molar-refractivity contribution is 7.99. The van der Waals surface area contributed by atoms with Gasteiger partial charge in [-0.05, 0) is 60.8 Å². The number of benzene rings is 1. The lowest BCUT2D eigenvalue weighted by molar-refractivity contribution is -0.116. The van der Waals surface area contributed by atoms with Crippen molar-refractivity contribution in [2.24, 2.45) is 11.3 Å². The molecule has 0 radical (unpaired) electrons. The number of thiophene rings is 1. The number of carbonyl (C=O) groups is 2. The van der Waals surface area contributed by atoms with Crippen molar-refractivity contribution in [1.29, 1.82) is 5.26 Å². The predicted molar refractivity (Wildman–Crippen MR) is 161 cm³/mol. The molecule has 2 N–H and O–H groups in total. The van der Waals surface area contributed by atoms with E-state index in [9.17, 15) is 14.9 Å². The highest BCUT2D eigenvalue weighted by atomic mass is 35.5. The summed E-state index contributed by atoms with van der Waals surface area (Å²) in [5, 5.41) is 25.8. The maximum absolute atomic E-state index is 12.9. The lowest BCUT2D eigenvalue weighted by atomic mass is 9.72. The van der Waals surface area contributed by atoms with Crippen LogP contribution in [0, 0.1) is 22.7 Å². The Labute approximate surface area is 248 Å². The van der Waals surface area contributed by atoms with Crippen LogP contribution >= 0.6 is 34.7 Å². The summed E-state index contributed by atoms with van der Waals surface area (Å²) in [4.78, 5) is 26.4. The van der Waals surface area contributed by atoms with Crippen molar-refractivity contribution in [1.82, 2.24) is 20.1 Å². The quantitative estimate of drug-likeness (QED) is 0.228. The van der Waals surface area contributed by atoms with Crippen LogP contribution in [0.3, 0.4) is 0 Å². The summed E-state index contributed by atoms with van der Waals surface area (Å²) < 4.78 is 1.87. The van der Waals surface area contributed by atoms with Crippen LogP contribution in [0.5, 0.6) is 0 Å². The molecule has 0 saturated carbocycles. The van der Waals surface area contributed by atoms with Gasteiger partial charge in [-0.1, -0.05) is 62.3 Å². The predicted octanol–water partition coefficient (Wildman–Crippen LogP) is 6.10. The average Bonchev–Trinajstić information content (AvgIpc) is 3.48. The summed E-state index contributed by atoms with van der Waals surface area (Å²) in [6, 6.07) is 9.59. The van der Waals surface area contributed by atoms with Crippen molar-refractivity contribution in [3.05, 3.63) is 62.8 Å². The van der Waals surface area contributed by atoms with Gasteiger partial charge in [0.15, 0.2) is 11.0 Å². The van der Waals surface area contributed by atoms with E-state index in [2.05, 4.69) is 47.7 Å². The second kappa shape index (κ2) is 13.0. The molecular weight excluding hydrogens is 564 g/mol. The lowest BCUT2D eigenvalue weighted by Crippen LogP contribution is -2.26. The van der Waals surface area contributed by atoms with Crippen molar-refractivity contribution in [3.63, 3.8) is 0 Å². The first-order valence-corrected chi connectivity index (χ1v) is 15.4. The number of nitrogens with one attached hydrogen (secondary N) is 2. The summed E-state index contributed by atoms with van der Waals surface area (Å²) in [5.74, 6) is 0.805. The zero-order chi connectivity index (χ0) is 28.9. The molecule has 0 bridgehead atoms. The van der Waals surface area contributed by atoms with E-state index in [4.69, 9.17) is 11.6 Å². The minimum absolute atomic E-state index is 0.128. The molecule has 210 valence electrons. The molecule has 0 spiro atoms. The fourth-order valence-electron chi connectivity index (χ4n) is 4.70.